The minimum atomic E-state index is -0.0463. The van der Waals surface area contributed by atoms with Crippen LogP contribution in [0.4, 0.5) is 0 Å². The number of hydrogen-bond acceptors (Lipinski definition) is 4. The first-order valence-corrected chi connectivity index (χ1v) is 8.72. The first kappa shape index (κ1) is 16.2. The third-order valence-electron chi connectivity index (χ3n) is 5.36. The Morgan fingerprint density at radius 2 is 1.91 bits per heavy atom. The third kappa shape index (κ3) is 4.00. The summed E-state index contributed by atoms with van der Waals surface area (Å²) in [6.07, 6.45) is 5.61. The van der Waals surface area contributed by atoms with Crippen LogP contribution in [0.3, 0.4) is 0 Å². The van der Waals surface area contributed by atoms with Crippen LogP contribution in [0, 0.1) is 11.8 Å². The molecule has 3 aliphatic heterocycles. The van der Waals surface area contributed by atoms with E-state index in [0.29, 0.717) is 11.8 Å². The Morgan fingerprint density at radius 1 is 1.18 bits per heavy atom. The fourth-order valence-electron chi connectivity index (χ4n) is 3.88. The molecule has 1 unspecified atom stereocenters. The summed E-state index contributed by atoms with van der Waals surface area (Å²) in [5.41, 5.74) is -0.0463. The quantitative estimate of drug-likeness (QED) is 0.727. The Labute approximate surface area is 133 Å². The topological polar surface area (TPSA) is 48.0 Å². The molecule has 22 heavy (non-hydrogen) atoms. The zero-order valence-electron chi connectivity index (χ0n) is 13.7. The summed E-state index contributed by atoms with van der Waals surface area (Å²) in [5.74, 6) is 1.53. The summed E-state index contributed by atoms with van der Waals surface area (Å²) in [6.45, 7) is 7.55. The van der Waals surface area contributed by atoms with E-state index in [0.717, 1.165) is 78.2 Å². The van der Waals surface area contributed by atoms with Crippen LogP contribution >= 0.6 is 0 Å². The second-order valence-corrected chi connectivity index (χ2v) is 7.18. The number of carbonyl (C=O) groups excluding carboxylic acids is 1. The van der Waals surface area contributed by atoms with Gasteiger partial charge in [0.05, 0.1) is 13.1 Å². The number of carbonyl (C=O) groups is 1. The third-order valence-corrected chi connectivity index (χ3v) is 5.36. The van der Waals surface area contributed by atoms with Gasteiger partial charge in [0.25, 0.3) is 0 Å². The highest BCUT2D eigenvalue weighted by atomic mass is 16.5. The van der Waals surface area contributed by atoms with Crippen LogP contribution < -0.4 is 0 Å². The van der Waals surface area contributed by atoms with Crippen molar-refractivity contribution in [3.63, 3.8) is 0 Å². The minimum Gasteiger partial charge on any atom is -0.381 e. The van der Waals surface area contributed by atoms with Crippen LogP contribution in [-0.4, -0.2) is 62.5 Å². The van der Waals surface area contributed by atoms with Crippen molar-refractivity contribution in [2.24, 2.45) is 11.8 Å². The van der Waals surface area contributed by atoms with Crippen LogP contribution in [0.5, 0.6) is 0 Å². The average molecular weight is 311 g/mol. The molecule has 1 spiro atoms. The van der Waals surface area contributed by atoms with Gasteiger partial charge in [-0.05, 0) is 43.9 Å². The number of amides is 1. The minimum absolute atomic E-state index is 0.0463. The highest BCUT2D eigenvalue weighted by Crippen LogP contribution is 2.38. The van der Waals surface area contributed by atoms with Gasteiger partial charge in [-0.25, -0.2) is 0 Å². The maximum Gasteiger partial charge on any atom is 0.219 e. The van der Waals surface area contributed by atoms with Crippen LogP contribution in [0.1, 0.15) is 39.0 Å². The predicted molar refractivity (Wildman–Crippen MR) is 82.6 cm³/mol. The Hall–Kier alpha value is -0.650. The number of likely N-dealkylation sites (tertiary alicyclic amines) is 1. The van der Waals surface area contributed by atoms with Crippen molar-refractivity contribution in [2.45, 2.75) is 44.6 Å². The summed E-state index contributed by atoms with van der Waals surface area (Å²) in [7, 11) is 0. The van der Waals surface area contributed by atoms with E-state index in [9.17, 15) is 4.79 Å². The van der Waals surface area contributed by atoms with E-state index in [1.54, 1.807) is 6.92 Å². The molecule has 0 aliphatic carbocycles. The standard InChI is InChI=1S/C17H29NO4/c1-14(19)18-12-17(13-18)10-15(5-9-22-17)2-8-21-11-16-3-6-20-7-4-16/h15-16H,2-13H2,1H3. The number of rotatable bonds is 5. The second-order valence-electron chi connectivity index (χ2n) is 7.18. The molecule has 0 N–H and O–H groups in total. The zero-order valence-corrected chi connectivity index (χ0v) is 13.7. The molecule has 126 valence electrons. The molecule has 0 aromatic heterocycles. The molecule has 3 rings (SSSR count). The van der Waals surface area contributed by atoms with Gasteiger partial charge in [0.15, 0.2) is 0 Å². The van der Waals surface area contributed by atoms with Gasteiger partial charge in [-0.3, -0.25) is 4.79 Å². The van der Waals surface area contributed by atoms with Gasteiger partial charge in [-0.15, -0.1) is 0 Å². The number of hydrogen-bond donors (Lipinski definition) is 0. The van der Waals surface area contributed by atoms with Crippen molar-refractivity contribution in [1.82, 2.24) is 4.90 Å². The van der Waals surface area contributed by atoms with E-state index >= 15 is 0 Å². The lowest BCUT2D eigenvalue weighted by Crippen LogP contribution is -2.66. The van der Waals surface area contributed by atoms with E-state index in [-0.39, 0.29) is 11.5 Å². The summed E-state index contributed by atoms with van der Waals surface area (Å²) < 4.78 is 17.2. The summed E-state index contributed by atoms with van der Waals surface area (Å²) >= 11 is 0. The van der Waals surface area contributed by atoms with Gasteiger partial charge in [-0.2, -0.15) is 0 Å². The molecule has 0 aromatic rings. The highest BCUT2D eigenvalue weighted by Gasteiger charge is 2.48. The molecule has 3 fully saturated rings. The van der Waals surface area contributed by atoms with Crippen molar-refractivity contribution in [2.75, 3.05) is 46.1 Å². The first-order chi connectivity index (χ1) is 10.7. The van der Waals surface area contributed by atoms with Gasteiger partial charge in [0.2, 0.25) is 5.91 Å². The lowest BCUT2D eigenvalue weighted by molar-refractivity contribution is -0.188. The molecule has 0 aromatic carbocycles. The van der Waals surface area contributed by atoms with E-state index in [1.165, 1.54) is 0 Å². The van der Waals surface area contributed by atoms with E-state index in [4.69, 9.17) is 14.2 Å². The SMILES string of the molecule is CC(=O)N1CC2(CC(CCOCC3CCOCC3)CCO2)C1. The van der Waals surface area contributed by atoms with Crippen LogP contribution in [-0.2, 0) is 19.0 Å². The maximum atomic E-state index is 11.3. The van der Waals surface area contributed by atoms with Gasteiger partial charge in [-0.1, -0.05) is 0 Å². The number of ether oxygens (including phenoxy) is 3. The molecule has 3 aliphatic rings. The fraction of sp³-hybridized carbons (Fsp3) is 0.941. The van der Waals surface area contributed by atoms with Crippen molar-refractivity contribution in [3.05, 3.63) is 0 Å². The Morgan fingerprint density at radius 3 is 2.64 bits per heavy atom. The molecule has 0 bridgehead atoms. The van der Waals surface area contributed by atoms with Crippen LogP contribution in [0.25, 0.3) is 0 Å². The van der Waals surface area contributed by atoms with E-state index in [2.05, 4.69) is 0 Å². The Kier molecular flexibility index (Phi) is 5.37. The van der Waals surface area contributed by atoms with Crippen molar-refractivity contribution in [1.29, 1.82) is 0 Å². The van der Waals surface area contributed by atoms with Gasteiger partial charge in [0.1, 0.15) is 5.60 Å². The van der Waals surface area contributed by atoms with Crippen molar-refractivity contribution in [3.8, 4) is 0 Å². The second kappa shape index (κ2) is 7.28. The van der Waals surface area contributed by atoms with E-state index in [1.807, 2.05) is 4.90 Å². The maximum absolute atomic E-state index is 11.3. The molecular weight excluding hydrogens is 282 g/mol. The smallest absolute Gasteiger partial charge is 0.219 e. The highest BCUT2D eigenvalue weighted by molar-refractivity contribution is 5.74. The lowest BCUT2D eigenvalue weighted by Gasteiger charge is -2.53. The van der Waals surface area contributed by atoms with Crippen LogP contribution in [0.2, 0.25) is 0 Å². The van der Waals surface area contributed by atoms with E-state index < -0.39 is 0 Å². The molecule has 0 radical (unpaired) electrons. The molecule has 1 amide bonds. The zero-order chi connectivity index (χ0) is 15.4. The van der Waals surface area contributed by atoms with Crippen molar-refractivity contribution >= 4 is 5.91 Å². The molecule has 1 atom stereocenters. The summed E-state index contributed by atoms with van der Waals surface area (Å²) in [5, 5.41) is 0. The van der Waals surface area contributed by atoms with Gasteiger partial charge < -0.3 is 19.1 Å². The molecule has 3 heterocycles. The lowest BCUT2D eigenvalue weighted by atomic mass is 9.79. The Balaban J connectivity index is 1.32. The monoisotopic (exact) mass is 311 g/mol. The molecule has 0 saturated carbocycles. The normalized spacial score (nSPS) is 28.6. The first-order valence-electron chi connectivity index (χ1n) is 8.72. The molecular formula is C17H29NO4. The summed E-state index contributed by atoms with van der Waals surface area (Å²) in [6, 6.07) is 0. The largest absolute Gasteiger partial charge is 0.381 e. The molecule has 5 heteroatoms. The molecule has 5 nitrogen and oxygen atoms in total. The summed E-state index contributed by atoms with van der Waals surface area (Å²) in [4.78, 5) is 13.2. The molecule has 3 saturated heterocycles. The van der Waals surface area contributed by atoms with Gasteiger partial charge >= 0.3 is 0 Å². The van der Waals surface area contributed by atoms with Gasteiger partial charge in [0, 0.05) is 40.0 Å². The van der Waals surface area contributed by atoms with Crippen molar-refractivity contribution < 1.29 is 19.0 Å². The Bertz CT molecular complexity index is 375. The number of nitrogens with zero attached hydrogens (tertiary/aromatic N) is 1. The van der Waals surface area contributed by atoms with Crippen LogP contribution in [0.15, 0.2) is 0 Å². The fourth-order valence-corrected chi connectivity index (χ4v) is 3.88. The predicted octanol–water partition coefficient (Wildman–Crippen LogP) is 1.85. The average Bonchev–Trinajstić information content (AvgIpc) is 2.50.